The molecule has 30 heavy (non-hydrogen) atoms. The maximum atomic E-state index is 4.91. The van der Waals surface area contributed by atoms with Gasteiger partial charge >= 0.3 is 0 Å². The maximum absolute atomic E-state index is 4.91. The van der Waals surface area contributed by atoms with Gasteiger partial charge in [-0.2, -0.15) is 16.4 Å². The number of rotatable bonds is 3. The van der Waals surface area contributed by atoms with Crippen molar-refractivity contribution in [3.63, 3.8) is 0 Å². The smallest absolute Gasteiger partial charge is 0.138 e. The number of aromatic amines is 2. The Bertz CT molecular complexity index is 1510. The molecule has 2 N–H and O–H groups in total. The first-order valence-corrected chi connectivity index (χ1v) is 10.5. The van der Waals surface area contributed by atoms with E-state index in [-0.39, 0.29) is 0 Å². The Morgan fingerprint density at radius 1 is 1.00 bits per heavy atom. The van der Waals surface area contributed by atoms with Crippen molar-refractivity contribution in [1.29, 1.82) is 0 Å². The fraction of sp³-hybridized carbons (Fsp3) is 0.0435. The van der Waals surface area contributed by atoms with Crippen molar-refractivity contribution in [2.24, 2.45) is 0 Å². The van der Waals surface area contributed by atoms with Crippen LogP contribution in [-0.4, -0.2) is 30.1 Å². The topological polar surface area (TPSA) is 83.1 Å². The monoisotopic (exact) mass is 408 g/mol. The number of hydrogen-bond acceptors (Lipinski definition) is 5. The first-order chi connectivity index (χ1) is 14.8. The SMILES string of the molecule is Cc1ccncc1-c1ccc2[nH]nc(-c3cc4c(-c5ccsc5)ccnc4[nH]3)c2n1. The lowest BCUT2D eigenvalue weighted by Crippen LogP contribution is -1.89. The Balaban J connectivity index is 1.53. The van der Waals surface area contributed by atoms with E-state index in [1.54, 1.807) is 17.5 Å². The van der Waals surface area contributed by atoms with Gasteiger partial charge in [0.2, 0.25) is 0 Å². The van der Waals surface area contributed by atoms with Gasteiger partial charge in [0.05, 0.1) is 16.9 Å². The van der Waals surface area contributed by atoms with E-state index in [9.17, 15) is 0 Å². The molecule has 0 saturated carbocycles. The zero-order valence-corrected chi connectivity index (χ0v) is 16.9. The Kier molecular flexibility index (Phi) is 3.75. The summed E-state index contributed by atoms with van der Waals surface area (Å²) in [5, 5.41) is 13.0. The van der Waals surface area contributed by atoms with E-state index in [1.165, 1.54) is 5.56 Å². The van der Waals surface area contributed by atoms with Gasteiger partial charge in [-0.1, -0.05) is 0 Å². The van der Waals surface area contributed by atoms with Crippen LogP contribution in [0, 0.1) is 6.92 Å². The van der Waals surface area contributed by atoms with Crippen LogP contribution in [0.15, 0.2) is 65.7 Å². The third-order valence-corrected chi connectivity index (χ3v) is 6.03. The van der Waals surface area contributed by atoms with E-state index >= 15 is 0 Å². The Morgan fingerprint density at radius 3 is 2.83 bits per heavy atom. The number of nitrogens with zero attached hydrogens (tertiary/aromatic N) is 4. The second kappa shape index (κ2) is 6.60. The standard InChI is InChI=1S/C23H16N6S/c1-13-4-7-24-11-17(13)18-2-3-19-21(26-18)22(29-28-19)20-10-16-15(14-6-9-30-12-14)5-8-25-23(16)27-20/h2-12H,1H3,(H,25,27)(H,28,29). The van der Waals surface area contributed by atoms with Crippen LogP contribution in [0.1, 0.15) is 5.56 Å². The van der Waals surface area contributed by atoms with Gasteiger partial charge in [-0.15, -0.1) is 0 Å². The van der Waals surface area contributed by atoms with Gasteiger partial charge in [-0.05, 0) is 70.8 Å². The number of H-pyrrole nitrogens is 2. The summed E-state index contributed by atoms with van der Waals surface area (Å²) in [6.07, 6.45) is 5.48. The summed E-state index contributed by atoms with van der Waals surface area (Å²) in [7, 11) is 0. The van der Waals surface area contributed by atoms with Gasteiger partial charge in [-0.25, -0.2) is 9.97 Å². The van der Waals surface area contributed by atoms with E-state index in [0.717, 1.165) is 55.8 Å². The van der Waals surface area contributed by atoms with Crippen molar-refractivity contribution < 1.29 is 0 Å². The average molecular weight is 408 g/mol. The van der Waals surface area contributed by atoms with Crippen molar-refractivity contribution in [1.82, 2.24) is 30.1 Å². The van der Waals surface area contributed by atoms with E-state index in [2.05, 4.69) is 55.0 Å². The number of fused-ring (bicyclic) bond motifs is 2. The first kappa shape index (κ1) is 17.1. The molecule has 0 unspecified atom stereocenters. The highest BCUT2D eigenvalue weighted by Gasteiger charge is 2.16. The highest BCUT2D eigenvalue weighted by atomic mass is 32.1. The molecule has 0 atom stereocenters. The summed E-state index contributed by atoms with van der Waals surface area (Å²) in [5.74, 6) is 0. The maximum Gasteiger partial charge on any atom is 0.138 e. The van der Waals surface area contributed by atoms with Crippen molar-refractivity contribution in [3.8, 4) is 33.8 Å². The quantitative estimate of drug-likeness (QED) is 0.399. The molecule has 0 fully saturated rings. The molecule has 0 bridgehead atoms. The van der Waals surface area contributed by atoms with Crippen LogP contribution < -0.4 is 0 Å². The molecule has 6 aromatic rings. The van der Waals surface area contributed by atoms with Gasteiger partial charge in [0, 0.05) is 29.5 Å². The molecule has 0 radical (unpaired) electrons. The number of thiophene rings is 1. The minimum absolute atomic E-state index is 0.780. The second-order valence-electron chi connectivity index (χ2n) is 7.17. The van der Waals surface area contributed by atoms with Crippen molar-refractivity contribution in [2.45, 2.75) is 6.92 Å². The average Bonchev–Trinajstić information content (AvgIpc) is 3.51. The Hall–Kier alpha value is -3.84. The predicted molar refractivity (Wildman–Crippen MR) is 120 cm³/mol. The highest BCUT2D eigenvalue weighted by Crippen LogP contribution is 2.34. The molecule has 144 valence electrons. The third kappa shape index (κ3) is 2.63. The lowest BCUT2D eigenvalue weighted by atomic mass is 10.1. The second-order valence-corrected chi connectivity index (χ2v) is 7.95. The zero-order chi connectivity index (χ0) is 20.1. The molecular weight excluding hydrogens is 392 g/mol. The lowest BCUT2D eigenvalue weighted by molar-refractivity contribution is 1.12. The largest absolute Gasteiger partial charge is 0.338 e. The van der Waals surface area contributed by atoms with Gasteiger partial charge in [0.25, 0.3) is 0 Å². The molecule has 7 heteroatoms. The summed E-state index contributed by atoms with van der Waals surface area (Å²) in [5.41, 5.74) is 9.59. The fourth-order valence-electron chi connectivity index (χ4n) is 3.79. The van der Waals surface area contributed by atoms with Crippen LogP contribution in [0.25, 0.3) is 55.8 Å². The zero-order valence-electron chi connectivity index (χ0n) is 16.0. The van der Waals surface area contributed by atoms with Gasteiger partial charge in [-0.3, -0.25) is 10.1 Å². The lowest BCUT2D eigenvalue weighted by Gasteiger charge is -2.04. The number of aryl methyl sites for hydroxylation is 1. The predicted octanol–water partition coefficient (Wildman–Crippen LogP) is 5.60. The number of nitrogens with one attached hydrogen (secondary N) is 2. The summed E-state index contributed by atoms with van der Waals surface area (Å²) >= 11 is 1.69. The summed E-state index contributed by atoms with van der Waals surface area (Å²) in [6, 6.07) is 12.3. The first-order valence-electron chi connectivity index (χ1n) is 9.55. The van der Waals surface area contributed by atoms with Crippen LogP contribution in [-0.2, 0) is 0 Å². The Morgan fingerprint density at radius 2 is 1.97 bits per heavy atom. The van der Waals surface area contributed by atoms with Crippen LogP contribution in [0.4, 0.5) is 0 Å². The van der Waals surface area contributed by atoms with Gasteiger partial charge in [0.15, 0.2) is 0 Å². The van der Waals surface area contributed by atoms with E-state index in [1.807, 2.05) is 36.7 Å². The molecule has 0 aliphatic rings. The van der Waals surface area contributed by atoms with Gasteiger partial charge in [0.1, 0.15) is 16.9 Å². The molecule has 6 aromatic heterocycles. The third-order valence-electron chi connectivity index (χ3n) is 5.34. The van der Waals surface area contributed by atoms with Crippen LogP contribution in [0.3, 0.4) is 0 Å². The number of pyridine rings is 3. The molecular formula is C23H16N6S. The van der Waals surface area contributed by atoms with Crippen LogP contribution in [0.2, 0.25) is 0 Å². The minimum atomic E-state index is 0.780. The fourth-order valence-corrected chi connectivity index (χ4v) is 4.45. The molecule has 0 amide bonds. The van der Waals surface area contributed by atoms with Crippen LogP contribution >= 0.6 is 11.3 Å². The molecule has 0 spiro atoms. The molecule has 0 aromatic carbocycles. The van der Waals surface area contributed by atoms with Crippen molar-refractivity contribution in [3.05, 3.63) is 71.3 Å². The highest BCUT2D eigenvalue weighted by molar-refractivity contribution is 7.08. The van der Waals surface area contributed by atoms with Crippen molar-refractivity contribution in [2.75, 3.05) is 0 Å². The van der Waals surface area contributed by atoms with E-state index < -0.39 is 0 Å². The molecule has 6 nitrogen and oxygen atoms in total. The summed E-state index contributed by atoms with van der Waals surface area (Å²) in [6.45, 7) is 2.06. The van der Waals surface area contributed by atoms with Crippen molar-refractivity contribution >= 4 is 33.4 Å². The minimum Gasteiger partial charge on any atom is -0.338 e. The molecule has 0 aliphatic heterocycles. The number of hydrogen-bond donors (Lipinski definition) is 2. The number of aromatic nitrogens is 6. The molecule has 6 heterocycles. The summed E-state index contributed by atoms with van der Waals surface area (Å²) < 4.78 is 0. The molecule has 6 rings (SSSR count). The molecule has 0 saturated heterocycles. The summed E-state index contributed by atoms with van der Waals surface area (Å²) in [4.78, 5) is 17.1. The normalized spacial score (nSPS) is 11.5. The van der Waals surface area contributed by atoms with E-state index in [4.69, 9.17) is 4.98 Å². The Labute approximate surface area is 175 Å². The van der Waals surface area contributed by atoms with Crippen LogP contribution in [0.5, 0.6) is 0 Å². The van der Waals surface area contributed by atoms with Gasteiger partial charge < -0.3 is 4.98 Å². The van der Waals surface area contributed by atoms with E-state index in [0.29, 0.717) is 0 Å². The molecule has 0 aliphatic carbocycles.